The summed E-state index contributed by atoms with van der Waals surface area (Å²) in [5.41, 5.74) is 3.44. The average Bonchev–Trinajstić information content (AvgIpc) is 3.22. The van der Waals surface area contributed by atoms with Gasteiger partial charge in [-0.2, -0.15) is 0 Å². The van der Waals surface area contributed by atoms with E-state index in [2.05, 4.69) is 0 Å². The van der Waals surface area contributed by atoms with Gasteiger partial charge in [-0.1, -0.05) is 38.1 Å². The van der Waals surface area contributed by atoms with E-state index >= 15 is 0 Å². The molecule has 5 atom stereocenters. The summed E-state index contributed by atoms with van der Waals surface area (Å²) in [4.78, 5) is 44.4. The summed E-state index contributed by atoms with van der Waals surface area (Å²) in [5, 5.41) is 21.2. The maximum atomic E-state index is 13.7. The predicted molar refractivity (Wildman–Crippen MR) is 152 cm³/mol. The lowest BCUT2D eigenvalue weighted by atomic mass is 9.77. The second-order valence-electron chi connectivity index (χ2n) is 12.8. The van der Waals surface area contributed by atoms with Crippen LogP contribution < -0.4 is 0 Å². The zero-order valence-corrected chi connectivity index (χ0v) is 24.0. The first kappa shape index (κ1) is 27.7. The van der Waals surface area contributed by atoms with Crippen LogP contribution in [0.25, 0.3) is 0 Å². The highest BCUT2D eigenvalue weighted by atomic mass is 16.5. The Kier molecular flexibility index (Phi) is 7.06. The first-order valence-corrected chi connectivity index (χ1v) is 14.6. The second-order valence-corrected chi connectivity index (χ2v) is 12.8. The number of β-amino-alcohol motifs (C(OH)–C–C–N with tert-alkyl or cyclic N) is 1. The Morgan fingerprint density at radius 3 is 2.41 bits per heavy atom. The van der Waals surface area contributed by atoms with Crippen molar-refractivity contribution < 1.29 is 29.3 Å². The molecule has 218 valence electrons. The SMILES string of the molecule is COC1CC2CC[C@H](C1)N2C(=O)c1ccc2c(c1)C(C)(C)CN(C[C@H](O)[C@@H]1Cc3ccccc3CN1C(=O)O)C2=O. The van der Waals surface area contributed by atoms with Crippen LogP contribution in [-0.2, 0) is 23.1 Å². The van der Waals surface area contributed by atoms with Crippen molar-refractivity contribution in [3.8, 4) is 0 Å². The number of rotatable bonds is 5. The third-order valence-corrected chi connectivity index (χ3v) is 9.74. The molecule has 4 heterocycles. The standard InChI is InChI=1S/C32H39N3O6/c1-32(2)18-33(17-28(36)27-13-19-6-4-5-7-21(19)16-34(27)31(39)40)30(38)25-11-8-20(12-26(25)32)29(37)35-22-9-10-23(35)15-24(14-22)41-3/h4-8,11-12,22-24,27-28,36H,9-10,13-18H2,1-3H3,(H,39,40)/t22-,23?,24?,27+,28+/m1/s1. The third-order valence-electron chi connectivity index (χ3n) is 9.74. The number of hydrogen-bond acceptors (Lipinski definition) is 5. The number of carboxylic acid groups (broad SMARTS) is 1. The molecule has 41 heavy (non-hydrogen) atoms. The monoisotopic (exact) mass is 561 g/mol. The predicted octanol–water partition coefficient (Wildman–Crippen LogP) is 3.67. The summed E-state index contributed by atoms with van der Waals surface area (Å²) in [7, 11) is 1.74. The third kappa shape index (κ3) is 4.89. The van der Waals surface area contributed by atoms with Gasteiger partial charge in [0.1, 0.15) is 0 Å². The van der Waals surface area contributed by atoms with E-state index in [0.29, 0.717) is 24.1 Å². The molecule has 0 aromatic heterocycles. The minimum Gasteiger partial charge on any atom is -0.465 e. The van der Waals surface area contributed by atoms with Crippen molar-refractivity contribution in [2.45, 2.75) is 88.2 Å². The number of aliphatic hydroxyl groups is 1. The minimum atomic E-state index is -1.09. The highest BCUT2D eigenvalue weighted by Crippen LogP contribution is 2.39. The molecule has 2 fully saturated rings. The van der Waals surface area contributed by atoms with Crippen LogP contribution in [0, 0.1) is 0 Å². The van der Waals surface area contributed by atoms with Crippen molar-refractivity contribution in [2.75, 3.05) is 20.2 Å². The zero-order chi connectivity index (χ0) is 29.1. The van der Waals surface area contributed by atoms with Crippen LogP contribution in [0.4, 0.5) is 4.79 Å². The Bertz CT molecular complexity index is 1360. The molecule has 3 amide bonds. The number of amides is 3. The van der Waals surface area contributed by atoms with E-state index in [1.165, 1.54) is 4.90 Å². The molecule has 2 N–H and O–H groups in total. The summed E-state index contributed by atoms with van der Waals surface area (Å²) in [6, 6.07) is 12.8. The molecule has 2 unspecified atom stereocenters. The van der Waals surface area contributed by atoms with Crippen molar-refractivity contribution in [1.29, 1.82) is 0 Å². The number of carbonyl (C=O) groups is 3. The fraction of sp³-hybridized carbons (Fsp3) is 0.531. The topological polar surface area (TPSA) is 111 Å². The number of hydrogen-bond donors (Lipinski definition) is 2. The van der Waals surface area contributed by atoms with Gasteiger partial charge in [0, 0.05) is 55.4 Å². The lowest BCUT2D eigenvalue weighted by molar-refractivity contribution is 0.00808. The second kappa shape index (κ2) is 10.4. The Morgan fingerprint density at radius 1 is 1.07 bits per heavy atom. The number of methoxy groups -OCH3 is 1. The van der Waals surface area contributed by atoms with Gasteiger partial charge in [0.25, 0.3) is 11.8 Å². The molecule has 4 aliphatic rings. The highest BCUT2D eigenvalue weighted by Gasteiger charge is 2.45. The Balaban J connectivity index is 1.21. The molecule has 0 aliphatic carbocycles. The highest BCUT2D eigenvalue weighted by molar-refractivity contribution is 6.00. The van der Waals surface area contributed by atoms with Crippen molar-refractivity contribution in [2.24, 2.45) is 0 Å². The molecule has 0 radical (unpaired) electrons. The van der Waals surface area contributed by atoms with Crippen LogP contribution in [0.1, 0.15) is 76.9 Å². The lowest BCUT2D eigenvalue weighted by Gasteiger charge is -2.43. The molecule has 2 bridgehead atoms. The van der Waals surface area contributed by atoms with Gasteiger partial charge in [-0.3, -0.25) is 14.5 Å². The van der Waals surface area contributed by atoms with E-state index in [-0.39, 0.29) is 43.1 Å². The number of fused-ring (bicyclic) bond motifs is 4. The molecule has 2 aromatic rings. The van der Waals surface area contributed by atoms with E-state index in [1.807, 2.05) is 49.1 Å². The lowest BCUT2D eigenvalue weighted by Crippen LogP contribution is -2.56. The van der Waals surface area contributed by atoms with E-state index in [0.717, 1.165) is 42.4 Å². The molecule has 9 heteroatoms. The summed E-state index contributed by atoms with van der Waals surface area (Å²) in [5.74, 6) is -0.196. The maximum absolute atomic E-state index is 13.7. The van der Waals surface area contributed by atoms with E-state index in [4.69, 9.17) is 4.74 Å². The zero-order valence-electron chi connectivity index (χ0n) is 24.0. The number of piperidine rings is 1. The molecule has 4 aliphatic heterocycles. The molecule has 9 nitrogen and oxygen atoms in total. The van der Waals surface area contributed by atoms with Gasteiger partial charge >= 0.3 is 6.09 Å². The molecule has 0 spiro atoms. The number of benzene rings is 2. The fourth-order valence-corrected chi connectivity index (χ4v) is 7.62. The molecular weight excluding hydrogens is 522 g/mol. The van der Waals surface area contributed by atoms with Crippen molar-refractivity contribution in [3.63, 3.8) is 0 Å². The van der Waals surface area contributed by atoms with Crippen LogP contribution in [0.5, 0.6) is 0 Å². The summed E-state index contributed by atoms with van der Waals surface area (Å²) in [6.45, 7) is 4.67. The Morgan fingerprint density at radius 2 is 1.76 bits per heavy atom. The van der Waals surface area contributed by atoms with Gasteiger partial charge in [-0.25, -0.2) is 4.79 Å². The van der Waals surface area contributed by atoms with Gasteiger partial charge in [-0.05, 0) is 67.0 Å². The van der Waals surface area contributed by atoms with Crippen molar-refractivity contribution in [1.82, 2.24) is 14.7 Å². The molecule has 2 aromatic carbocycles. The fourth-order valence-electron chi connectivity index (χ4n) is 7.62. The quantitative estimate of drug-likeness (QED) is 0.577. The van der Waals surface area contributed by atoms with E-state index in [1.54, 1.807) is 24.1 Å². The molecule has 0 saturated carbocycles. The van der Waals surface area contributed by atoms with Crippen LogP contribution >= 0.6 is 0 Å². The number of ether oxygens (including phenoxy) is 1. The van der Waals surface area contributed by atoms with Gasteiger partial charge in [0.2, 0.25) is 0 Å². The van der Waals surface area contributed by atoms with Gasteiger partial charge < -0.3 is 24.7 Å². The van der Waals surface area contributed by atoms with Gasteiger partial charge in [-0.15, -0.1) is 0 Å². The molecular formula is C32H39N3O6. The minimum absolute atomic E-state index is 0.0160. The number of nitrogens with zero attached hydrogens (tertiary/aromatic N) is 3. The van der Waals surface area contributed by atoms with Crippen molar-refractivity contribution >= 4 is 17.9 Å². The Labute approximate surface area is 240 Å². The van der Waals surface area contributed by atoms with Crippen LogP contribution in [0.2, 0.25) is 0 Å². The van der Waals surface area contributed by atoms with E-state index < -0.39 is 23.7 Å². The van der Waals surface area contributed by atoms with Crippen LogP contribution in [0.15, 0.2) is 42.5 Å². The normalized spacial score (nSPS) is 27.3. The van der Waals surface area contributed by atoms with E-state index in [9.17, 15) is 24.6 Å². The summed E-state index contributed by atoms with van der Waals surface area (Å²) in [6.07, 6.45) is 2.16. The van der Waals surface area contributed by atoms with Gasteiger partial charge in [0.15, 0.2) is 0 Å². The van der Waals surface area contributed by atoms with Crippen molar-refractivity contribution in [3.05, 3.63) is 70.3 Å². The molecule has 6 rings (SSSR count). The van der Waals surface area contributed by atoms with Crippen LogP contribution in [0.3, 0.4) is 0 Å². The first-order chi connectivity index (χ1) is 19.6. The summed E-state index contributed by atoms with van der Waals surface area (Å²) >= 11 is 0. The van der Waals surface area contributed by atoms with Gasteiger partial charge in [0.05, 0.1) is 18.2 Å². The largest absolute Gasteiger partial charge is 0.465 e. The smallest absolute Gasteiger partial charge is 0.407 e. The Hall–Kier alpha value is -3.43. The summed E-state index contributed by atoms with van der Waals surface area (Å²) < 4.78 is 5.60. The maximum Gasteiger partial charge on any atom is 0.407 e. The number of carbonyl (C=O) groups excluding carboxylic acids is 2. The molecule has 2 saturated heterocycles. The first-order valence-electron chi connectivity index (χ1n) is 14.6. The van der Waals surface area contributed by atoms with Crippen LogP contribution in [-0.4, -0.2) is 93.4 Å². The average molecular weight is 562 g/mol. The number of aliphatic hydroxyl groups excluding tert-OH is 1.